The maximum Gasteiger partial charge on any atom is 0.174 e. The van der Waals surface area contributed by atoms with E-state index in [1.807, 2.05) is 24.3 Å². The topological polar surface area (TPSA) is 47.3 Å². The molecule has 0 atom stereocenters. The SMILES string of the molecule is CC(C)NCc1cc(COc2ccc(Br)cc2Br)on1. The maximum absolute atomic E-state index is 5.69. The van der Waals surface area contributed by atoms with E-state index in [0.717, 1.165) is 20.4 Å². The molecule has 0 aliphatic heterocycles. The van der Waals surface area contributed by atoms with Crippen LogP contribution in [-0.4, -0.2) is 11.2 Å². The number of hydrogen-bond donors (Lipinski definition) is 1. The van der Waals surface area contributed by atoms with Gasteiger partial charge in [0.25, 0.3) is 0 Å². The zero-order chi connectivity index (χ0) is 14.5. The van der Waals surface area contributed by atoms with E-state index in [-0.39, 0.29) is 0 Å². The van der Waals surface area contributed by atoms with Gasteiger partial charge in [-0.1, -0.05) is 34.9 Å². The molecule has 4 nitrogen and oxygen atoms in total. The van der Waals surface area contributed by atoms with Gasteiger partial charge in [-0.3, -0.25) is 0 Å². The van der Waals surface area contributed by atoms with Gasteiger partial charge in [0.1, 0.15) is 12.4 Å². The Morgan fingerprint density at radius 2 is 2.10 bits per heavy atom. The Hall–Kier alpha value is -0.850. The molecule has 6 heteroatoms. The highest BCUT2D eigenvalue weighted by molar-refractivity contribution is 9.11. The third-order valence-corrected chi connectivity index (χ3v) is 3.68. The molecule has 2 aromatic rings. The summed E-state index contributed by atoms with van der Waals surface area (Å²) in [5.74, 6) is 1.48. The van der Waals surface area contributed by atoms with Crippen LogP contribution in [0.1, 0.15) is 25.3 Å². The molecule has 2 rings (SSSR count). The number of aromatic nitrogens is 1. The van der Waals surface area contributed by atoms with Crippen LogP contribution in [0.25, 0.3) is 0 Å². The van der Waals surface area contributed by atoms with Crippen molar-refractivity contribution in [2.45, 2.75) is 33.0 Å². The Balaban J connectivity index is 1.90. The smallest absolute Gasteiger partial charge is 0.174 e. The summed E-state index contributed by atoms with van der Waals surface area (Å²) < 4.78 is 12.8. The van der Waals surface area contributed by atoms with Crippen molar-refractivity contribution in [2.24, 2.45) is 0 Å². The van der Waals surface area contributed by atoms with E-state index >= 15 is 0 Å². The van der Waals surface area contributed by atoms with Gasteiger partial charge in [-0.2, -0.15) is 0 Å². The lowest BCUT2D eigenvalue weighted by Gasteiger charge is -2.06. The number of nitrogens with zero attached hydrogens (tertiary/aromatic N) is 1. The molecule has 0 amide bonds. The van der Waals surface area contributed by atoms with E-state index in [1.54, 1.807) is 0 Å². The van der Waals surface area contributed by atoms with Gasteiger partial charge in [-0.05, 0) is 34.1 Å². The summed E-state index contributed by atoms with van der Waals surface area (Å²) in [6, 6.07) is 8.09. The Labute approximate surface area is 135 Å². The molecule has 0 spiro atoms. The molecule has 0 saturated carbocycles. The van der Waals surface area contributed by atoms with Gasteiger partial charge >= 0.3 is 0 Å². The lowest BCUT2D eigenvalue weighted by molar-refractivity contribution is 0.247. The molecule has 0 aliphatic carbocycles. The van der Waals surface area contributed by atoms with E-state index in [0.29, 0.717) is 25.0 Å². The summed E-state index contributed by atoms with van der Waals surface area (Å²) >= 11 is 6.86. The molecule has 0 radical (unpaired) electrons. The normalized spacial score (nSPS) is 11.1. The lowest BCUT2D eigenvalue weighted by atomic mass is 10.3. The fourth-order valence-electron chi connectivity index (χ4n) is 1.56. The summed E-state index contributed by atoms with van der Waals surface area (Å²) in [6.45, 7) is 5.24. The third kappa shape index (κ3) is 4.61. The van der Waals surface area contributed by atoms with Gasteiger partial charge in [-0.15, -0.1) is 0 Å². The second-order valence-electron chi connectivity index (χ2n) is 4.68. The van der Waals surface area contributed by atoms with Gasteiger partial charge in [-0.25, -0.2) is 0 Å². The first-order valence-corrected chi connectivity index (χ1v) is 7.89. The molecule has 0 saturated heterocycles. The number of nitrogens with one attached hydrogen (secondary N) is 1. The Bertz CT molecular complexity index is 570. The van der Waals surface area contributed by atoms with E-state index in [9.17, 15) is 0 Å². The molecule has 0 aliphatic rings. The van der Waals surface area contributed by atoms with Crippen LogP contribution in [0, 0.1) is 0 Å². The minimum atomic E-state index is 0.356. The minimum Gasteiger partial charge on any atom is -0.484 e. The van der Waals surface area contributed by atoms with Crippen LogP contribution in [-0.2, 0) is 13.2 Å². The first-order chi connectivity index (χ1) is 9.54. The van der Waals surface area contributed by atoms with E-state index < -0.39 is 0 Å². The van der Waals surface area contributed by atoms with Crippen molar-refractivity contribution in [3.63, 3.8) is 0 Å². The monoisotopic (exact) mass is 402 g/mol. The van der Waals surface area contributed by atoms with Crippen molar-refractivity contribution in [3.8, 4) is 5.75 Å². The third-order valence-electron chi connectivity index (χ3n) is 2.56. The van der Waals surface area contributed by atoms with E-state index in [4.69, 9.17) is 9.26 Å². The molecular formula is C14H16Br2N2O2. The molecule has 1 aromatic carbocycles. The molecule has 1 aromatic heterocycles. The van der Waals surface area contributed by atoms with Crippen LogP contribution in [0.15, 0.2) is 37.7 Å². The van der Waals surface area contributed by atoms with Crippen molar-refractivity contribution in [2.75, 3.05) is 0 Å². The first kappa shape index (κ1) is 15.5. The summed E-state index contributed by atoms with van der Waals surface area (Å²) in [7, 11) is 0. The molecule has 1 heterocycles. The average molecular weight is 404 g/mol. The maximum atomic E-state index is 5.69. The van der Waals surface area contributed by atoms with Crippen molar-refractivity contribution in [1.29, 1.82) is 0 Å². The molecule has 0 bridgehead atoms. The first-order valence-electron chi connectivity index (χ1n) is 6.30. The Morgan fingerprint density at radius 3 is 2.80 bits per heavy atom. The number of rotatable bonds is 6. The predicted molar refractivity (Wildman–Crippen MR) is 84.7 cm³/mol. The van der Waals surface area contributed by atoms with Crippen molar-refractivity contribution >= 4 is 31.9 Å². The van der Waals surface area contributed by atoms with Crippen LogP contribution in [0.2, 0.25) is 0 Å². The van der Waals surface area contributed by atoms with Gasteiger partial charge in [0.2, 0.25) is 0 Å². The molecule has 20 heavy (non-hydrogen) atoms. The fourth-order valence-corrected chi connectivity index (χ4v) is 2.72. The van der Waals surface area contributed by atoms with Gasteiger partial charge in [0.15, 0.2) is 5.76 Å². The molecular weight excluding hydrogens is 388 g/mol. The highest BCUT2D eigenvalue weighted by Gasteiger charge is 2.07. The standard InChI is InChI=1S/C14H16Br2N2O2/c1-9(2)17-7-11-6-12(20-18-11)8-19-14-4-3-10(15)5-13(14)16/h3-6,9,17H,7-8H2,1-2H3. The molecule has 1 N–H and O–H groups in total. The van der Waals surface area contributed by atoms with Gasteiger partial charge < -0.3 is 14.6 Å². The Kier molecular flexibility index (Phi) is 5.63. The molecule has 108 valence electrons. The molecule has 0 fully saturated rings. The fraction of sp³-hybridized carbons (Fsp3) is 0.357. The van der Waals surface area contributed by atoms with Crippen molar-refractivity contribution in [3.05, 3.63) is 44.7 Å². The predicted octanol–water partition coefficient (Wildman–Crippen LogP) is 4.28. The summed E-state index contributed by atoms with van der Waals surface area (Å²) in [5, 5.41) is 7.29. The Morgan fingerprint density at radius 1 is 1.30 bits per heavy atom. The van der Waals surface area contributed by atoms with Crippen molar-refractivity contribution < 1.29 is 9.26 Å². The van der Waals surface area contributed by atoms with Crippen LogP contribution in [0.4, 0.5) is 0 Å². The summed E-state index contributed by atoms with van der Waals surface area (Å²) in [6.07, 6.45) is 0. The summed E-state index contributed by atoms with van der Waals surface area (Å²) in [4.78, 5) is 0. The second kappa shape index (κ2) is 7.24. The number of halogens is 2. The number of benzene rings is 1. The van der Waals surface area contributed by atoms with Gasteiger partial charge in [0.05, 0.1) is 10.2 Å². The van der Waals surface area contributed by atoms with Crippen LogP contribution in [0.5, 0.6) is 5.75 Å². The van der Waals surface area contributed by atoms with Crippen molar-refractivity contribution in [1.82, 2.24) is 10.5 Å². The lowest BCUT2D eigenvalue weighted by Crippen LogP contribution is -2.21. The molecule has 0 unspecified atom stereocenters. The highest BCUT2D eigenvalue weighted by Crippen LogP contribution is 2.28. The van der Waals surface area contributed by atoms with Crippen LogP contribution >= 0.6 is 31.9 Å². The zero-order valence-corrected chi connectivity index (χ0v) is 14.5. The van der Waals surface area contributed by atoms with E-state index in [1.165, 1.54) is 0 Å². The number of hydrogen-bond acceptors (Lipinski definition) is 4. The largest absolute Gasteiger partial charge is 0.484 e. The minimum absolute atomic E-state index is 0.356. The van der Waals surface area contributed by atoms with Gasteiger partial charge in [0, 0.05) is 23.1 Å². The summed E-state index contributed by atoms with van der Waals surface area (Å²) in [5.41, 5.74) is 0.882. The highest BCUT2D eigenvalue weighted by atomic mass is 79.9. The number of ether oxygens (including phenoxy) is 1. The van der Waals surface area contributed by atoms with Crippen LogP contribution < -0.4 is 10.1 Å². The quantitative estimate of drug-likeness (QED) is 0.781. The van der Waals surface area contributed by atoms with E-state index in [2.05, 4.69) is 56.2 Å². The second-order valence-corrected chi connectivity index (χ2v) is 6.45. The van der Waals surface area contributed by atoms with Crippen LogP contribution in [0.3, 0.4) is 0 Å². The zero-order valence-electron chi connectivity index (χ0n) is 11.3. The average Bonchev–Trinajstić information content (AvgIpc) is 2.83.